The Hall–Kier alpha value is -5.63. The SMILES string of the molecule is N#Cc1ccc(N2CCN(C(=O)Nc3ccc(OC4CCN(CC5CCN(c6ccc(NC7CCC(=O)NC7=O)cc6F)CC5)CC4)cn3)CC2)cc1C(F)(F)F. The molecule has 4 fully saturated rings. The lowest BCUT2D eigenvalue weighted by Crippen LogP contribution is -2.50. The number of piperidine rings is 3. The third kappa shape index (κ3) is 9.85. The number of benzene rings is 2. The molecule has 0 radical (unpaired) electrons. The zero-order valence-electron chi connectivity index (χ0n) is 31.4. The van der Waals surface area contributed by atoms with E-state index in [0.717, 1.165) is 64.5 Å². The van der Waals surface area contributed by atoms with Crippen LogP contribution >= 0.6 is 0 Å². The van der Waals surface area contributed by atoms with Crippen molar-refractivity contribution in [3.8, 4) is 11.8 Å². The average molecular weight is 792 g/mol. The Morgan fingerprint density at radius 1 is 0.912 bits per heavy atom. The molecule has 4 amide bonds. The van der Waals surface area contributed by atoms with Crippen LogP contribution in [0.2, 0.25) is 0 Å². The first-order valence-electron chi connectivity index (χ1n) is 19.3. The number of nitrogens with zero attached hydrogens (tertiary/aromatic N) is 6. The highest BCUT2D eigenvalue weighted by Gasteiger charge is 2.35. The molecule has 13 nitrogen and oxygen atoms in total. The molecule has 1 aromatic heterocycles. The summed E-state index contributed by atoms with van der Waals surface area (Å²) in [6.45, 7) is 5.59. The number of amides is 4. The normalized spacial score (nSPS) is 20.2. The van der Waals surface area contributed by atoms with Crippen molar-refractivity contribution >= 4 is 40.7 Å². The van der Waals surface area contributed by atoms with E-state index in [-0.39, 0.29) is 30.3 Å². The summed E-state index contributed by atoms with van der Waals surface area (Å²) >= 11 is 0. The van der Waals surface area contributed by atoms with Crippen molar-refractivity contribution in [1.82, 2.24) is 20.1 Å². The Balaban J connectivity index is 0.796. The molecule has 0 spiro atoms. The molecule has 17 heteroatoms. The predicted molar refractivity (Wildman–Crippen MR) is 204 cm³/mol. The van der Waals surface area contributed by atoms with E-state index in [1.54, 1.807) is 46.3 Å². The van der Waals surface area contributed by atoms with Gasteiger partial charge < -0.3 is 29.7 Å². The van der Waals surface area contributed by atoms with Crippen LogP contribution in [0.15, 0.2) is 54.7 Å². The number of nitriles is 1. The summed E-state index contributed by atoms with van der Waals surface area (Å²) in [6, 6.07) is 12.7. The summed E-state index contributed by atoms with van der Waals surface area (Å²) in [5.74, 6) is 0.461. The van der Waals surface area contributed by atoms with Crippen molar-refractivity contribution < 1.29 is 36.7 Å². The standard InChI is InChI=1S/C40H45F4N9O4/c41-33-21-28(47-34-5-8-37(54)49-38(34)55)2-6-35(33)52-15-9-26(10-16-52)25-50-13-11-30(12-14-50)57-31-4-7-36(46-24-31)48-39(56)53-19-17-51(18-20-53)29-3-1-27(23-45)32(22-29)40(42,43)44/h1-4,6-7,21-22,24,26,30,34,47H,5,8-20,25H2,(H,46,48,56)(H,49,54,55). The van der Waals surface area contributed by atoms with Crippen molar-refractivity contribution in [3.05, 3.63) is 71.7 Å². The van der Waals surface area contributed by atoms with E-state index in [0.29, 0.717) is 67.1 Å². The summed E-state index contributed by atoms with van der Waals surface area (Å²) in [5.41, 5.74) is 0.0157. The van der Waals surface area contributed by atoms with E-state index >= 15 is 4.39 Å². The van der Waals surface area contributed by atoms with Gasteiger partial charge in [-0.05, 0) is 86.6 Å². The van der Waals surface area contributed by atoms with Crippen LogP contribution in [0.5, 0.6) is 5.75 Å². The molecule has 7 rings (SSSR count). The number of alkyl halides is 3. The predicted octanol–water partition coefficient (Wildman–Crippen LogP) is 5.44. The summed E-state index contributed by atoms with van der Waals surface area (Å²) in [4.78, 5) is 48.7. The average Bonchev–Trinajstić information content (AvgIpc) is 3.20. The number of pyridine rings is 1. The van der Waals surface area contributed by atoms with Crippen molar-refractivity contribution in [3.63, 3.8) is 0 Å². The van der Waals surface area contributed by atoms with Crippen LogP contribution in [0, 0.1) is 23.1 Å². The molecule has 0 bridgehead atoms. The number of imide groups is 1. The van der Waals surface area contributed by atoms with Gasteiger partial charge in [0.2, 0.25) is 11.8 Å². The zero-order chi connectivity index (χ0) is 40.1. The van der Waals surface area contributed by atoms with Gasteiger partial charge in [-0.3, -0.25) is 20.2 Å². The maximum atomic E-state index is 15.1. The molecule has 4 aliphatic rings. The van der Waals surface area contributed by atoms with Gasteiger partial charge in [-0.2, -0.15) is 18.4 Å². The molecule has 4 saturated heterocycles. The van der Waals surface area contributed by atoms with Crippen LogP contribution in [0.25, 0.3) is 0 Å². The van der Waals surface area contributed by atoms with Crippen LogP contribution in [-0.2, 0) is 15.8 Å². The Labute approximate surface area is 327 Å². The fourth-order valence-corrected chi connectivity index (χ4v) is 7.95. The number of carbonyl (C=O) groups is 3. The highest BCUT2D eigenvalue weighted by Crippen LogP contribution is 2.35. The first-order chi connectivity index (χ1) is 27.4. The number of nitrogens with one attached hydrogen (secondary N) is 3. The molecule has 3 N–H and O–H groups in total. The van der Waals surface area contributed by atoms with E-state index in [2.05, 4.69) is 30.7 Å². The highest BCUT2D eigenvalue weighted by molar-refractivity contribution is 6.01. The maximum Gasteiger partial charge on any atom is 0.417 e. The molecular weight excluding hydrogens is 746 g/mol. The minimum Gasteiger partial charge on any atom is -0.489 e. The Bertz CT molecular complexity index is 1970. The minimum absolute atomic E-state index is 0.0420. The van der Waals surface area contributed by atoms with E-state index in [1.807, 2.05) is 0 Å². The van der Waals surface area contributed by atoms with Gasteiger partial charge in [0.15, 0.2) is 0 Å². The second kappa shape index (κ2) is 17.2. The van der Waals surface area contributed by atoms with E-state index in [1.165, 1.54) is 18.2 Å². The quantitative estimate of drug-likeness (QED) is 0.189. The Morgan fingerprint density at radius 3 is 2.32 bits per heavy atom. The van der Waals surface area contributed by atoms with Crippen LogP contribution in [0.3, 0.4) is 0 Å². The van der Waals surface area contributed by atoms with Gasteiger partial charge >= 0.3 is 12.2 Å². The van der Waals surface area contributed by atoms with Crippen molar-refractivity contribution in [2.24, 2.45) is 5.92 Å². The summed E-state index contributed by atoms with van der Waals surface area (Å²) in [7, 11) is 0. The molecule has 2 aromatic carbocycles. The number of ether oxygens (including phenoxy) is 1. The molecule has 3 aromatic rings. The third-order valence-electron chi connectivity index (χ3n) is 11.2. The Morgan fingerprint density at radius 2 is 1.67 bits per heavy atom. The maximum absolute atomic E-state index is 15.1. The van der Waals surface area contributed by atoms with E-state index in [9.17, 15) is 27.6 Å². The molecule has 0 aliphatic carbocycles. The van der Waals surface area contributed by atoms with Gasteiger partial charge in [0.25, 0.3) is 0 Å². The van der Waals surface area contributed by atoms with Crippen LogP contribution < -0.4 is 30.5 Å². The number of halogens is 4. The summed E-state index contributed by atoms with van der Waals surface area (Å²) in [5, 5.41) is 17.2. The monoisotopic (exact) mass is 791 g/mol. The number of likely N-dealkylation sites (tertiary alicyclic amines) is 1. The smallest absolute Gasteiger partial charge is 0.417 e. The topological polar surface area (TPSA) is 146 Å². The summed E-state index contributed by atoms with van der Waals surface area (Å²) < 4.78 is 61.7. The lowest BCUT2D eigenvalue weighted by molar-refractivity contribution is -0.138. The van der Waals surface area contributed by atoms with Gasteiger partial charge in [-0.15, -0.1) is 0 Å². The number of hydrogen-bond acceptors (Lipinski definition) is 10. The molecule has 4 aliphatic heterocycles. The van der Waals surface area contributed by atoms with Crippen molar-refractivity contribution in [1.29, 1.82) is 5.26 Å². The molecular formula is C40H45F4N9O4. The molecule has 302 valence electrons. The molecule has 5 heterocycles. The van der Waals surface area contributed by atoms with Gasteiger partial charge in [-0.1, -0.05) is 0 Å². The van der Waals surface area contributed by atoms with Gasteiger partial charge in [0.1, 0.15) is 29.5 Å². The van der Waals surface area contributed by atoms with Crippen LogP contribution in [-0.4, -0.2) is 104 Å². The molecule has 1 atom stereocenters. The number of rotatable bonds is 9. The van der Waals surface area contributed by atoms with Crippen molar-refractivity contribution in [2.75, 3.05) is 79.3 Å². The first kappa shape index (κ1) is 39.6. The van der Waals surface area contributed by atoms with E-state index < -0.39 is 29.3 Å². The lowest BCUT2D eigenvalue weighted by Gasteiger charge is -2.38. The number of urea groups is 1. The second-order valence-electron chi connectivity index (χ2n) is 15.0. The van der Waals surface area contributed by atoms with Gasteiger partial charge in [0.05, 0.1) is 29.1 Å². The molecule has 57 heavy (non-hydrogen) atoms. The second-order valence-corrected chi connectivity index (χ2v) is 15.0. The summed E-state index contributed by atoms with van der Waals surface area (Å²) in [6.07, 6.45) is 1.27. The molecule has 0 saturated carbocycles. The third-order valence-corrected chi connectivity index (χ3v) is 11.2. The van der Waals surface area contributed by atoms with Gasteiger partial charge in [-0.25, -0.2) is 14.2 Å². The highest BCUT2D eigenvalue weighted by atomic mass is 19.4. The van der Waals surface area contributed by atoms with Crippen LogP contribution in [0.1, 0.15) is 49.7 Å². The van der Waals surface area contributed by atoms with Crippen LogP contribution in [0.4, 0.5) is 45.2 Å². The fraction of sp³-hybridized carbons (Fsp3) is 0.475. The number of carbonyl (C=O) groups excluding carboxylic acids is 3. The molecule has 1 unspecified atom stereocenters. The lowest BCUT2D eigenvalue weighted by atomic mass is 9.94. The largest absolute Gasteiger partial charge is 0.489 e. The number of anilines is 4. The fourth-order valence-electron chi connectivity index (χ4n) is 7.95. The minimum atomic E-state index is -4.64. The number of hydrogen-bond donors (Lipinski definition) is 3. The first-order valence-corrected chi connectivity index (χ1v) is 19.3. The van der Waals surface area contributed by atoms with Crippen molar-refractivity contribution in [2.45, 2.75) is 56.8 Å². The zero-order valence-corrected chi connectivity index (χ0v) is 31.4. The van der Waals surface area contributed by atoms with Gasteiger partial charge in [0, 0.05) is 76.7 Å². The Kier molecular flexibility index (Phi) is 12.0. The number of piperazine rings is 1. The van der Waals surface area contributed by atoms with E-state index in [4.69, 9.17) is 10.00 Å². The number of aromatic nitrogens is 1.